The molecule has 0 saturated heterocycles. The average molecular weight is 277 g/mol. The highest BCUT2D eigenvalue weighted by atomic mass is 19.1. The lowest BCUT2D eigenvalue weighted by molar-refractivity contribution is 0.0937. The zero-order valence-electron chi connectivity index (χ0n) is 12.4. The van der Waals surface area contributed by atoms with Crippen molar-refractivity contribution in [2.45, 2.75) is 46.0 Å². The van der Waals surface area contributed by atoms with Crippen LogP contribution < -0.4 is 5.32 Å². The van der Waals surface area contributed by atoms with Gasteiger partial charge >= 0.3 is 0 Å². The molecule has 0 bridgehead atoms. The minimum absolute atomic E-state index is 0.151. The van der Waals surface area contributed by atoms with E-state index in [1.165, 1.54) is 38.2 Å². The lowest BCUT2D eigenvalue weighted by Crippen LogP contribution is -2.31. The molecule has 3 heteroatoms. The van der Waals surface area contributed by atoms with E-state index < -0.39 is 5.82 Å². The van der Waals surface area contributed by atoms with Gasteiger partial charge in [0.1, 0.15) is 5.82 Å². The molecule has 1 aliphatic rings. The fourth-order valence-electron chi connectivity index (χ4n) is 2.98. The molecule has 0 unspecified atom stereocenters. The van der Waals surface area contributed by atoms with Crippen LogP contribution in [0.5, 0.6) is 0 Å². The number of hydrogen-bond donors (Lipinski definition) is 1. The molecule has 1 N–H and O–H groups in total. The average Bonchev–Trinajstić information content (AvgIpc) is 2.45. The summed E-state index contributed by atoms with van der Waals surface area (Å²) < 4.78 is 13.7. The molecule has 0 aromatic heterocycles. The van der Waals surface area contributed by atoms with Gasteiger partial charge in [0.15, 0.2) is 0 Å². The van der Waals surface area contributed by atoms with Gasteiger partial charge < -0.3 is 5.32 Å². The Morgan fingerprint density at radius 2 is 1.90 bits per heavy atom. The molecule has 2 rings (SSSR count). The van der Waals surface area contributed by atoms with Crippen molar-refractivity contribution in [2.75, 3.05) is 6.54 Å². The number of nitrogens with one attached hydrogen (secondary N) is 1. The Kier molecular flexibility index (Phi) is 5.16. The summed E-state index contributed by atoms with van der Waals surface area (Å²) in [7, 11) is 0. The van der Waals surface area contributed by atoms with Gasteiger partial charge in [0.2, 0.25) is 0 Å². The van der Waals surface area contributed by atoms with E-state index in [9.17, 15) is 9.18 Å². The predicted molar refractivity (Wildman–Crippen MR) is 79.2 cm³/mol. The summed E-state index contributed by atoms with van der Waals surface area (Å²) in [5.41, 5.74) is 0.981. The van der Waals surface area contributed by atoms with Crippen LogP contribution in [0.15, 0.2) is 18.2 Å². The van der Waals surface area contributed by atoms with Gasteiger partial charge in [-0.2, -0.15) is 0 Å². The highest BCUT2D eigenvalue weighted by molar-refractivity contribution is 5.94. The Morgan fingerprint density at radius 3 is 2.50 bits per heavy atom. The van der Waals surface area contributed by atoms with Crippen molar-refractivity contribution in [3.63, 3.8) is 0 Å². The number of halogens is 1. The van der Waals surface area contributed by atoms with Crippen molar-refractivity contribution in [1.29, 1.82) is 0 Å². The molecule has 0 atom stereocenters. The van der Waals surface area contributed by atoms with Gasteiger partial charge in [-0.15, -0.1) is 0 Å². The van der Waals surface area contributed by atoms with Crippen molar-refractivity contribution in [1.82, 2.24) is 5.32 Å². The molecule has 1 aliphatic carbocycles. The molecule has 0 radical (unpaired) electrons. The maximum Gasteiger partial charge on any atom is 0.254 e. The molecule has 0 aliphatic heterocycles. The molecule has 1 fully saturated rings. The zero-order valence-corrected chi connectivity index (χ0v) is 12.4. The smallest absolute Gasteiger partial charge is 0.254 e. The SMILES string of the molecule is CCC1CCC(CNC(=O)c2ccc(C)cc2F)CC1. The second-order valence-corrected chi connectivity index (χ2v) is 5.99. The largest absolute Gasteiger partial charge is 0.352 e. The first-order chi connectivity index (χ1) is 9.60. The standard InChI is InChI=1S/C17H24FNO/c1-3-13-5-7-14(8-6-13)11-19-17(20)15-9-4-12(2)10-16(15)18/h4,9-10,13-14H,3,5-8,11H2,1-2H3,(H,19,20). The predicted octanol–water partition coefficient (Wildman–Crippen LogP) is 4.08. The normalized spacial score (nSPS) is 22.6. The molecule has 1 aromatic rings. The molecule has 20 heavy (non-hydrogen) atoms. The van der Waals surface area contributed by atoms with Crippen molar-refractivity contribution in [3.05, 3.63) is 35.1 Å². The van der Waals surface area contributed by atoms with Crippen LogP contribution in [0, 0.1) is 24.6 Å². The molecule has 1 aromatic carbocycles. The van der Waals surface area contributed by atoms with Gasteiger partial charge in [-0.25, -0.2) is 4.39 Å². The quantitative estimate of drug-likeness (QED) is 0.882. The first-order valence-corrected chi connectivity index (χ1v) is 7.64. The summed E-state index contributed by atoms with van der Waals surface area (Å²) in [6.07, 6.45) is 6.13. The van der Waals surface area contributed by atoms with E-state index in [2.05, 4.69) is 12.2 Å². The summed E-state index contributed by atoms with van der Waals surface area (Å²) in [5, 5.41) is 2.88. The second kappa shape index (κ2) is 6.87. The molecule has 2 nitrogen and oxygen atoms in total. The van der Waals surface area contributed by atoms with E-state index in [1.807, 2.05) is 6.92 Å². The third-order valence-electron chi connectivity index (χ3n) is 4.46. The number of aryl methyl sites for hydroxylation is 1. The van der Waals surface area contributed by atoms with Crippen molar-refractivity contribution >= 4 is 5.91 Å². The van der Waals surface area contributed by atoms with Crippen molar-refractivity contribution in [3.8, 4) is 0 Å². The first-order valence-electron chi connectivity index (χ1n) is 7.64. The first kappa shape index (κ1) is 15.0. The molecule has 1 amide bonds. The highest BCUT2D eigenvalue weighted by Crippen LogP contribution is 2.30. The van der Waals surface area contributed by atoms with Crippen LogP contribution in [0.3, 0.4) is 0 Å². The van der Waals surface area contributed by atoms with E-state index in [-0.39, 0.29) is 11.5 Å². The summed E-state index contributed by atoms with van der Waals surface area (Å²) in [6, 6.07) is 4.74. The van der Waals surface area contributed by atoms with E-state index in [1.54, 1.807) is 12.1 Å². The monoisotopic (exact) mass is 277 g/mol. The van der Waals surface area contributed by atoms with Crippen LogP contribution in [-0.4, -0.2) is 12.5 Å². The second-order valence-electron chi connectivity index (χ2n) is 5.99. The Labute approximate surface area is 120 Å². The topological polar surface area (TPSA) is 29.1 Å². The lowest BCUT2D eigenvalue weighted by Gasteiger charge is -2.27. The molecule has 0 spiro atoms. The van der Waals surface area contributed by atoms with E-state index in [0.717, 1.165) is 11.5 Å². The van der Waals surface area contributed by atoms with E-state index >= 15 is 0 Å². The van der Waals surface area contributed by atoms with Gasteiger partial charge in [-0.3, -0.25) is 4.79 Å². The highest BCUT2D eigenvalue weighted by Gasteiger charge is 2.21. The van der Waals surface area contributed by atoms with Crippen LogP contribution in [0.4, 0.5) is 4.39 Å². The zero-order chi connectivity index (χ0) is 14.5. The van der Waals surface area contributed by atoms with Gasteiger partial charge in [-0.05, 0) is 49.3 Å². The number of hydrogen-bond acceptors (Lipinski definition) is 1. The van der Waals surface area contributed by atoms with E-state index in [0.29, 0.717) is 12.5 Å². The maximum atomic E-state index is 13.7. The lowest BCUT2D eigenvalue weighted by atomic mass is 9.81. The fraction of sp³-hybridized carbons (Fsp3) is 0.588. The van der Waals surface area contributed by atoms with Crippen molar-refractivity contribution in [2.24, 2.45) is 11.8 Å². The maximum absolute atomic E-state index is 13.7. The van der Waals surface area contributed by atoms with Gasteiger partial charge in [0.25, 0.3) is 5.91 Å². The Hall–Kier alpha value is -1.38. The number of rotatable bonds is 4. The molecular weight excluding hydrogens is 253 g/mol. The third-order valence-corrected chi connectivity index (χ3v) is 4.46. The Morgan fingerprint density at radius 1 is 1.25 bits per heavy atom. The number of amides is 1. The minimum atomic E-state index is -0.433. The van der Waals surface area contributed by atoms with Gasteiger partial charge in [0, 0.05) is 6.54 Å². The molecule has 0 heterocycles. The Bertz CT molecular complexity index is 464. The van der Waals surface area contributed by atoms with Gasteiger partial charge in [0.05, 0.1) is 5.56 Å². The number of carbonyl (C=O) groups excluding carboxylic acids is 1. The molecule has 110 valence electrons. The van der Waals surface area contributed by atoms with Crippen LogP contribution in [-0.2, 0) is 0 Å². The molecule has 1 saturated carbocycles. The molecular formula is C17H24FNO. The summed E-state index contributed by atoms with van der Waals surface area (Å²) in [6.45, 7) is 4.73. The van der Waals surface area contributed by atoms with E-state index in [4.69, 9.17) is 0 Å². The van der Waals surface area contributed by atoms with Gasteiger partial charge in [-0.1, -0.05) is 32.3 Å². The summed E-state index contributed by atoms with van der Waals surface area (Å²) >= 11 is 0. The number of benzene rings is 1. The van der Waals surface area contributed by atoms with Crippen LogP contribution in [0.2, 0.25) is 0 Å². The van der Waals surface area contributed by atoms with Crippen LogP contribution >= 0.6 is 0 Å². The minimum Gasteiger partial charge on any atom is -0.352 e. The number of carbonyl (C=O) groups is 1. The third kappa shape index (κ3) is 3.81. The van der Waals surface area contributed by atoms with Crippen molar-refractivity contribution < 1.29 is 9.18 Å². The van der Waals surface area contributed by atoms with Crippen LogP contribution in [0.1, 0.15) is 54.9 Å². The summed E-state index contributed by atoms with van der Waals surface area (Å²) in [5.74, 6) is 0.684. The summed E-state index contributed by atoms with van der Waals surface area (Å²) in [4.78, 5) is 12.0. The Balaban J connectivity index is 1.83. The fourth-order valence-corrected chi connectivity index (χ4v) is 2.98. The van der Waals surface area contributed by atoms with Crippen LogP contribution in [0.25, 0.3) is 0 Å².